The second kappa shape index (κ2) is 4.92. The Bertz CT molecular complexity index is 642. The number of phenolic OH excluding ortho intramolecular Hbond substituents is 1. The third-order valence-corrected chi connectivity index (χ3v) is 3.35. The zero-order valence-electron chi connectivity index (χ0n) is 11.7. The number of aldehydes is 1. The molecule has 0 saturated heterocycles. The highest BCUT2D eigenvalue weighted by Crippen LogP contribution is 2.39. The van der Waals surface area contributed by atoms with Gasteiger partial charge in [-0.15, -0.1) is 0 Å². The van der Waals surface area contributed by atoms with E-state index in [4.69, 9.17) is 4.74 Å². The predicted octanol–water partition coefficient (Wildman–Crippen LogP) is 3.80. The summed E-state index contributed by atoms with van der Waals surface area (Å²) in [6, 6.07) is 5.55. The van der Waals surface area contributed by atoms with Crippen molar-refractivity contribution in [3.05, 3.63) is 34.9 Å². The summed E-state index contributed by atoms with van der Waals surface area (Å²) in [5.41, 5.74) is 2.43. The molecule has 0 aromatic heterocycles. The van der Waals surface area contributed by atoms with Crippen LogP contribution in [0.3, 0.4) is 0 Å². The average Bonchev–Trinajstić information content (AvgIpc) is 2.36. The van der Waals surface area contributed by atoms with Crippen molar-refractivity contribution < 1.29 is 14.6 Å². The fourth-order valence-electron chi connectivity index (χ4n) is 2.46. The van der Waals surface area contributed by atoms with Gasteiger partial charge in [0, 0.05) is 5.39 Å². The Kier molecular flexibility index (Phi) is 3.47. The summed E-state index contributed by atoms with van der Waals surface area (Å²) in [4.78, 5) is 11.3. The molecule has 0 heterocycles. The van der Waals surface area contributed by atoms with Crippen molar-refractivity contribution in [3.8, 4) is 11.5 Å². The van der Waals surface area contributed by atoms with Crippen molar-refractivity contribution in [2.24, 2.45) is 0 Å². The summed E-state index contributed by atoms with van der Waals surface area (Å²) in [7, 11) is 1.53. The standard InChI is InChI=1S/C16H18O3/c1-9(2)11-7-15(19-4)13(8-17)16-12(11)5-10(3)6-14(16)18/h5-9,18H,1-4H3. The van der Waals surface area contributed by atoms with E-state index in [0.717, 1.165) is 22.8 Å². The van der Waals surface area contributed by atoms with Crippen molar-refractivity contribution in [2.75, 3.05) is 7.11 Å². The van der Waals surface area contributed by atoms with Crippen LogP contribution in [-0.2, 0) is 0 Å². The van der Waals surface area contributed by atoms with Gasteiger partial charge < -0.3 is 9.84 Å². The Morgan fingerprint density at radius 1 is 1.26 bits per heavy atom. The van der Waals surface area contributed by atoms with E-state index >= 15 is 0 Å². The molecule has 0 unspecified atom stereocenters. The van der Waals surface area contributed by atoms with Gasteiger partial charge in [-0.3, -0.25) is 4.79 Å². The van der Waals surface area contributed by atoms with Crippen LogP contribution in [0.2, 0.25) is 0 Å². The van der Waals surface area contributed by atoms with Crippen LogP contribution in [0.15, 0.2) is 18.2 Å². The van der Waals surface area contributed by atoms with E-state index in [-0.39, 0.29) is 11.7 Å². The van der Waals surface area contributed by atoms with E-state index in [1.54, 1.807) is 6.07 Å². The molecule has 0 aliphatic carbocycles. The maximum absolute atomic E-state index is 11.3. The van der Waals surface area contributed by atoms with Crippen LogP contribution < -0.4 is 4.74 Å². The number of aryl methyl sites for hydroxylation is 1. The molecule has 0 saturated carbocycles. The van der Waals surface area contributed by atoms with E-state index in [2.05, 4.69) is 13.8 Å². The average molecular weight is 258 g/mol. The summed E-state index contributed by atoms with van der Waals surface area (Å²) in [5.74, 6) is 0.904. The third-order valence-electron chi connectivity index (χ3n) is 3.35. The van der Waals surface area contributed by atoms with Gasteiger partial charge in [0.05, 0.1) is 12.7 Å². The van der Waals surface area contributed by atoms with Crippen molar-refractivity contribution in [2.45, 2.75) is 26.7 Å². The number of methoxy groups -OCH3 is 1. The largest absolute Gasteiger partial charge is 0.507 e. The van der Waals surface area contributed by atoms with Crippen molar-refractivity contribution in [1.82, 2.24) is 0 Å². The molecule has 0 aliphatic heterocycles. The quantitative estimate of drug-likeness (QED) is 0.852. The zero-order chi connectivity index (χ0) is 14.2. The Morgan fingerprint density at radius 3 is 2.47 bits per heavy atom. The fraction of sp³-hybridized carbons (Fsp3) is 0.312. The van der Waals surface area contributed by atoms with E-state index in [9.17, 15) is 9.90 Å². The first-order chi connectivity index (χ1) is 8.99. The van der Waals surface area contributed by atoms with Crippen LogP contribution in [-0.4, -0.2) is 18.5 Å². The number of rotatable bonds is 3. The van der Waals surface area contributed by atoms with Crippen molar-refractivity contribution >= 4 is 17.1 Å². The number of hydrogen-bond acceptors (Lipinski definition) is 3. The Balaban J connectivity index is 3.01. The summed E-state index contributed by atoms with van der Waals surface area (Å²) >= 11 is 0. The van der Waals surface area contributed by atoms with E-state index in [0.29, 0.717) is 16.7 Å². The molecule has 0 spiro atoms. The number of aromatic hydroxyl groups is 1. The lowest BCUT2D eigenvalue weighted by molar-refractivity contribution is 0.112. The van der Waals surface area contributed by atoms with Crippen LogP contribution in [0.4, 0.5) is 0 Å². The number of ether oxygens (including phenoxy) is 1. The van der Waals surface area contributed by atoms with Gasteiger partial charge in [0.1, 0.15) is 11.5 Å². The van der Waals surface area contributed by atoms with Crippen LogP contribution in [0.25, 0.3) is 10.8 Å². The first-order valence-electron chi connectivity index (χ1n) is 6.29. The summed E-state index contributed by atoms with van der Waals surface area (Å²) in [6.07, 6.45) is 0.736. The van der Waals surface area contributed by atoms with Crippen LogP contribution in [0.1, 0.15) is 41.3 Å². The molecule has 19 heavy (non-hydrogen) atoms. The first kappa shape index (κ1) is 13.4. The molecule has 0 amide bonds. The van der Waals surface area contributed by atoms with Gasteiger partial charge in [0.2, 0.25) is 0 Å². The lowest BCUT2D eigenvalue weighted by atomic mass is 9.91. The number of benzene rings is 2. The highest BCUT2D eigenvalue weighted by Gasteiger charge is 2.17. The molecule has 0 atom stereocenters. The van der Waals surface area contributed by atoms with Gasteiger partial charge in [-0.05, 0) is 41.5 Å². The number of carbonyl (C=O) groups excluding carboxylic acids is 1. The molecule has 2 aromatic rings. The Labute approximate surface area is 112 Å². The molecule has 0 bridgehead atoms. The van der Waals surface area contributed by atoms with Gasteiger partial charge in [-0.1, -0.05) is 19.9 Å². The molecule has 2 aromatic carbocycles. The third kappa shape index (κ3) is 2.16. The highest BCUT2D eigenvalue weighted by molar-refractivity contribution is 6.05. The van der Waals surface area contributed by atoms with Crippen molar-refractivity contribution in [1.29, 1.82) is 0 Å². The van der Waals surface area contributed by atoms with Crippen LogP contribution in [0.5, 0.6) is 11.5 Å². The van der Waals surface area contributed by atoms with Crippen molar-refractivity contribution in [3.63, 3.8) is 0 Å². The fourth-order valence-corrected chi connectivity index (χ4v) is 2.46. The van der Waals surface area contributed by atoms with Gasteiger partial charge in [0.15, 0.2) is 6.29 Å². The summed E-state index contributed by atoms with van der Waals surface area (Å²) in [5, 5.41) is 11.7. The maximum atomic E-state index is 11.3. The maximum Gasteiger partial charge on any atom is 0.154 e. The minimum Gasteiger partial charge on any atom is -0.507 e. The number of fused-ring (bicyclic) bond motifs is 1. The SMILES string of the molecule is COc1cc(C(C)C)c2cc(C)cc(O)c2c1C=O. The topological polar surface area (TPSA) is 46.5 Å². The van der Waals surface area contributed by atoms with E-state index in [1.165, 1.54) is 7.11 Å². The minimum atomic E-state index is 0.123. The number of phenols is 1. The lowest BCUT2D eigenvalue weighted by Gasteiger charge is -2.16. The number of hydrogen-bond donors (Lipinski definition) is 1. The Morgan fingerprint density at radius 2 is 1.95 bits per heavy atom. The van der Waals surface area contributed by atoms with Gasteiger partial charge in [-0.2, -0.15) is 0 Å². The monoisotopic (exact) mass is 258 g/mol. The molecule has 2 rings (SSSR count). The molecular weight excluding hydrogens is 240 g/mol. The zero-order valence-corrected chi connectivity index (χ0v) is 11.7. The van der Waals surface area contributed by atoms with Crippen LogP contribution >= 0.6 is 0 Å². The highest BCUT2D eigenvalue weighted by atomic mass is 16.5. The van der Waals surface area contributed by atoms with Crippen LogP contribution in [0, 0.1) is 6.92 Å². The molecule has 3 heteroatoms. The van der Waals surface area contributed by atoms with Gasteiger partial charge in [0.25, 0.3) is 0 Å². The molecule has 3 nitrogen and oxygen atoms in total. The second-order valence-electron chi connectivity index (χ2n) is 5.06. The summed E-state index contributed by atoms with van der Waals surface area (Å²) < 4.78 is 5.28. The normalized spacial score (nSPS) is 11.0. The molecule has 100 valence electrons. The smallest absolute Gasteiger partial charge is 0.154 e. The van der Waals surface area contributed by atoms with E-state index in [1.807, 2.05) is 19.1 Å². The first-order valence-corrected chi connectivity index (χ1v) is 6.29. The molecule has 0 aliphatic rings. The van der Waals surface area contributed by atoms with E-state index < -0.39 is 0 Å². The molecule has 0 fully saturated rings. The molecule has 0 radical (unpaired) electrons. The Hall–Kier alpha value is -2.03. The molecule has 1 N–H and O–H groups in total. The summed E-state index contributed by atoms with van der Waals surface area (Å²) in [6.45, 7) is 6.08. The second-order valence-corrected chi connectivity index (χ2v) is 5.06. The number of carbonyl (C=O) groups is 1. The van der Waals surface area contributed by atoms with Gasteiger partial charge >= 0.3 is 0 Å². The predicted molar refractivity (Wildman–Crippen MR) is 76.4 cm³/mol. The minimum absolute atomic E-state index is 0.123. The molecular formula is C16H18O3. The van der Waals surface area contributed by atoms with Gasteiger partial charge in [-0.25, -0.2) is 0 Å². The lowest BCUT2D eigenvalue weighted by Crippen LogP contribution is -1.98.